The average molecular weight is 544 g/mol. The summed E-state index contributed by atoms with van der Waals surface area (Å²) in [6.45, 7) is 5.75. The molecular formula is C22H33IN4O4. The van der Waals surface area contributed by atoms with Crippen LogP contribution in [-0.4, -0.2) is 62.4 Å². The summed E-state index contributed by atoms with van der Waals surface area (Å²) < 4.78 is 16.0. The summed E-state index contributed by atoms with van der Waals surface area (Å²) in [6, 6.07) is 9.78. The summed E-state index contributed by atoms with van der Waals surface area (Å²) in [4.78, 5) is 6.92. The standard InChI is InChI=1S/C22H32N4O4.HI/c1-4-23-22(24-13-20(27)21-6-5-9-30-21)25-17-7-8-26(15-17)14-16-10-18(28-2)12-19(11-16)29-3;/h5-6,9-12,17,20,27H,4,7-8,13-15H2,1-3H3,(H2,23,24,25);1H. The Morgan fingerprint density at radius 3 is 2.65 bits per heavy atom. The maximum atomic E-state index is 10.2. The van der Waals surface area contributed by atoms with Crippen LogP contribution in [0.3, 0.4) is 0 Å². The third-order valence-electron chi connectivity index (χ3n) is 5.07. The van der Waals surface area contributed by atoms with Crippen molar-refractivity contribution < 1.29 is 19.0 Å². The maximum Gasteiger partial charge on any atom is 0.191 e. The van der Waals surface area contributed by atoms with Crippen LogP contribution in [0, 0.1) is 0 Å². The molecule has 31 heavy (non-hydrogen) atoms. The number of aliphatic hydroxyl groups excluding tert-OH is 1. The van der Waals surface area contributed by atoms with E-state index in [-0.39, 0.29) is 36.6 Å². The molecule has 1 aromatic carbocycles. The van der Waals surface area contributed by atoms with Crippen LogP contribution in [0.25, 0.3) is 0 Å². The van der Waals surface area contributed by atoms with Crippen LogP contribution in [-0.2, 0) is 6.54 Å². The van der Waals surface area contributed by atoms with E-state index in [9.17, 15) is 5.11 Å². The third kappa shape index (κ3) is 7.58. The van der Waals surface area contributed by atoms with Crippen molar-refractivity contribution in [1.29, 1.82) is 0 Å². The van der Waals surface area contributed by atoms with Crippen molar-refractivity contribution in [2.45, 2.75) is 32.0 Å². The molecule has 9 heteroatoms. The van der Waals surface area contributed by atoms with Gasteiger partial charge in [0.05, 0.1) is 27.0 Å². The van der Waals surface area contributed by atoms with Gasteiger partial charge in [0.1, 0.15) is 23.4 Å². The molecule has 2 aromatic rings. The fourth-order valence-electron chi connectivity index (χ4n) is 3.57. The summed E-state index contributed by atoms with van der Waals surface area (Å²) in [5.74, 6) is 2.83. The van der Waals surface area contributed by atoms with Gasteiger partial charge in [-0.05, 0) is 43.2 Å². The van der Waals surface area contributed by atoms with Gasteiger partial charge in [-0.1, -0.05) is 0 Å². The number of aliphatic imine (C=N–C) groups is 1. The van der Waals surface area contributed by atoms with Gasteiger partial charge in [0, 0.05) is 38.3 Å². The summed E-state index contributed by atoms with van der Waals surface area (Å²) in [5, 5.41) is 16.9. The van der Waals surface area contributed by atoms with Gasteiger partial charge >= 0.3 is 0 Å². The number of aliphatic hydroxyl groups is 1. The summed E-state index contributed by atoms with van der Waals surface area (Å²) in [7, 11) is 3.33. The number of nitrogens with zero attached hydrogens (tertiary/aromatic N) is 2. The third-order valence-corrected chi connectivity index (χ3v) is 5.07. The Kier molecular flexibility index (Phi) is 10.4. The van der Waals surface area contributed by atoms with Crippen LogP contribution in [0.15, 0.2) is 46.0 Å². The molecule has 0 radical (unpaired) electrons. The molecule has 0 saturated carbocycles. The van der Waals surface area contributed by atoms with Crippen LogP contribution >= 0.6 is 24.0 Å². The highest BCUT2D eigenvalue weighted by atomic mass is 127. The van der Waals surface area contributed by atoms with Gasteiger partial charge in [-0.2, -0.15) is 0 Å². The van der Waals surface area contributed by atoms with Gasteiger partial charge in [-0.15, -0.1) is 24.0 Å². The van der Waals surface area contributed by atoms with E-state index in [2.05, 4.69) is 20.5 Å². The lowest BCUT2D eigenvalue weighted by atomic mass is 10.2. The molecule has 2 unspecified atom stereocenters. The molecular weight excluding hydrogens is 511 g/mol. The smallest absolute Gasteiger partial charge is 0.191 e. The van der Waals surface area contributed by atoms with E-state index < -0.39 is 6.10 Å². The highest BCUT2D eigenvalue weighted by Gasteiger charge is 2.23. The van der Waals surface area contributed by atoms with E-state index in [4.69, 9.17) is 13.9 Å². The molecule has 172 valence electrons. The first-order chi connectivity index (χ1) is 14.6. The topological polar surface area (TPSA) is 91.5 Å². The molecule has 1 fully saturated rings. The van der Waals surface area contributed by atoms with E-state index in [1.54, 1.807) is 32.6 Å². The number of halogens is 1. The first-order valence-corrected chi connectivity index (χ1v) is 10.3. The van der Waals surface area contributed by atoms with Gasteiger partial charge in [0.25, 0.3) is 0 Å². The second-order valence-corrected chi connectivity index (χ2v) is 7.34. The minimum Gasteiger partial charge on any atom is -0.497 e. The molecule has 3 N–H and O–H groups in total. The number of benzene rings is 1. The highest BCUT2D eigenvalue weighted by molar-refractivity contribution is 14.0. The molecule has 2 heterocycles. The Bertz CT molecular complexity index is 794. The zero-order valence-corrected chi connectivity index (χ0v) is 20.7. The molecule has 3 rings (SSSR count). The molecule has 0 spiro atoms. The number of methoxy groups -OCH3 is 2. The maximum absolute atomic E-state index is 10.2. The van der Waals surface area contributed by atoms with Gasteiger partial charge in [-0.25, -0.2) is 0 Å². The van der Waals surface area contributed by atoms with Crippen molar-refractivity contribution in [3.63, 3.8) is 0 Å². The monoisotopic (exact) mass is 544 g/mol. The lowest BCUT2D eigenvalue weighted by Crippen LogP contribution is -2.44. The minimum absolute atomic E-state index is 0. The van der Waals surface area contributed by atoms with Crippen molar-refractivity contribution in [2.75, 3.05) is 40.4 Å². The molecule has 1 saturated heterocycles. The Morgan fingerprint density at radius 2 is 2.03 bits per heavy atom. The Hall–Kier alpha value is -1.98. The quantitative estimate of drug-likeness (QED) is 0.254. The number of likely N-dealkylation sites (tertiary alicyclic amines) is 1. The lowest BCUT2D eigenvalue weighted by Gasteiger charge is -2.19. The van der Waals surface area contributed by atoms with Gasteiger partial charge in [0.15, 0.2) is 5.96 Å². The number of nitrogens with one attached hydrogen (secondary N) is 2. The Labute approximate surface area is 201 Å². The lowest BCUT2D eigenvalue weighted by molar-refractivity contribution is 0.158. The predicted octanol–water partition coefficient (Wildman–Crippen LogP) is 2.78. The zero-order valence-electron chi connectivity index (χ0n) is 18.3. The average Bonchev–Trinajstić information content (AvgIpc) is 3.44. The number of furan rings is 1. The van der Waals surface area contributed by atoms with Gasteiger partial charge < -0.3 is 29.6 Å². The number of ether oxygens (including phenoxy) is 2. The van der Waals surface area contributed by atoms with Crippen molar-refractivity contribution in [2.24, 2.45) is 4.99 Å². The van der Waals surface area contributed by atoms with Crippen molar-refractivity contribution >= 4 is 29.9 Å². The van der Waals surface area contributed by atoms with E-state index in [0.29, 0.717) is 11.7 Å². The summed E-state index contributed by atoms with van der Waals surface area (Å²) in [5.41, 5.74) is 1.16. The van der Waals surface area contributed by atoms with Crippen LogP contribution < -0.4 is 20.1 Å². The molecule has 1 aliphatic rings. The first-order valence-electron chi connectivity index (χ1n) is 10.3. The molecule has 1 aromatic heterocycles. The van der Waals surface area contributed by atoms with Crippen molar-refractivity contribution in [1.82, 2.24) is 15.5 Å². The zero-order chi connectivity index (χ0) is 21.3. The van der Waals surface area contributed by atoms with Crippen LogP contribution in [0.1, 0.15) is 30.8 Å². The van der Waals surface area contributed by atoms with E-state index in [1.807, 2.05) is 25.1 Å². The molecule has 8 nitrogen and oxygen atoms in total. The predicted molar refractivity (Wildman–Crippen MR) is 131 cm³/mol. The van der Waals surface area contributed by atoms with Crippen LogP contribution in [0.4, 0.5) is 0 Å². The van der Waals surface area contributed by atoms with Crippen molar-refractivity contribution in [3.8, 4) is 11.5 Å². The molecule has 2 atom stereocenters. The Morgan fingerprint density at radius 1 is 1.29 bits per heavy atom. The van der Waals surface area contributed by atoms with Crippen LogP contribution in [0.2, 0.25) is 0 Å². The van der Waals surface area contributed by atoms with E-state index in [1.165, 1.54) is 0 Å². The van der Waals surface area contributed by atoms with Gasteiger partial charge in [0.2, 0.25) is 0 Å². The SMILES string of the molecule is CCNC(=NCC(O)c1ccco1)NC1CCN(Cc2cc(OC)cc(OC)c2)C1.I. The molecule has 1 aliphatic heterocycles. The highest BCUT2D eigenvalue weighted by Crippen LogP contribution is 2.24. The Balaban J connectivity index is 0.00000341. The number of rotatable bonds is 9. The second-order valence-electron chi connectivity index (χ2n) is 7.34. The van der Waals surface area contributed by atoms with E-state index in [0.717, 1.165) is 49.7 Å². The van der Waals surface area contributed by atoms with Gasteiger partial charge in [-0.3, -0.25) is 9.89 Å². The number of hydrogen-bond donors (Lipinski definition) is 3. The summed E-state index contributed by atoms with van der Waals surface area (Å²) in [6.07, 6.45) is 1.82. The molecule has 0 bridgehead atoms. The number of hydrogen-bond acceptors (Lipinski definition) is 6. The largest absolute Gasteiger partial charge is 0.497 e. The van der Waals surface area contributed by atoms with Crippen molar-refractivity contribution in [3.05, 3.63) is 47.9 Å². The van der Waals surface area contributed by atoms with Crippen LogP contribution in [0.5, 0.6) is 11.5 Å². The molecule has 0 aliphatic carbocycles. The summed E-state index contributed by atoms with van der Waals surface area (Å²) >= 11 is 0. The first kappa shape index (κ1) is 25.3. The minimum atomic E-state index is -0.751. The molecule has 0 amide bonds. The second kappa shape index (κ2) is 12.8. The fourth-order valence-corrected chi connectivity index (χ4v) is 3.57. The number of guanidine groups is 1. The van der Waals surface area contributed by atoms with E-state index >= 15 is 0 Å². The normalized spacial score (nSPS) is 17.7. The fraction of sp³-hybridized carbons (Fsp3) is 0.500.